The first-order chi connectivity index (χ1) is 11.6. The number of esters is 1. The third-order valence-electron chi connectivity index (χ3n) is 3.60. The predicted molar refractivity (Wildman–Crippen MR) is 93.4 cm³/mol. The van der Waals surface area contributed by atoms with E-state index in [0.29, 0.717) is 11.3 Å². The normalized spacial score (nSPS) is 11.5. The van der Waals surface area contributed by atoms with Crippen molar-refractivity contribution >= 4 is 17.6 Å². The molecule has 24 heavy (non-hydrogen) atoms. The topological polar surface area (TPSA) is 81.4 Å². The Bertz CT molecular complexity index is 669. The number of amides is 1. The van der Waals surface area contributed by atoms with E-state index in [9.17, 15) is 9.59 Å². The average Bonchev–Trinajstić information content (AvgIpc) is 2.60. The number of carbonyl (C=O) groups is 2. The quantitative estimate of drug-likeness (QED) is 0.605. The van der Waals surface area contributed by atoms with Crippen LogP contribution in [0.3, 0.4) is 0 Å². The van der Waals surface area contributed by atoms with Crippen LogP contribution in [-0.4, -0.2) is 18.5 Å². The predicted octanol–water partition coefficient (Wildman–Crippen LogP) is 3.08. The lowest BCUT2D eigenvalue weighted by atomic mass is 10.0. The Labute approximate surface area is 141 Å². The molecule has 5 heteroatoms. The van der Waals surface area contributed by atoms with Crippen molar-refractivity contribution in [3.8, 4) is 0 Å². The maximum atomic E-state index is 12.1. The van der Waals surface area contributed by atoms with Gasteiger partial charge in [0.25, 0.3) is 5.91 Å². The van der Waals surface area contributed by atoms with Crippen LogP contribution in [0.4, 0.5) is 5.69 Å². The second-order valence-electron chi connectivity index (χ2n) is 5.52. The summed E-state index contributed by atoms with van der Waals surface area (Å²) in [5, 5.41) is 2.91. The highest BCUT2D eigenvalue weighted by Gasteiger charge is 2.15. The largest absolute Gasteiger partial charge is 0.452 e. The number of nitrogens with one attached hydrogen (secondary N) is 1. The van der Waals surface area contributed by atoms with Crippen LogP contribution in [0.2, 0.25) is 0 Å². The number of anilines is 1. The summed E-state index contributed by atoms with van der Waals surface area (Å²) in [5.41, 5.74) is 7.54. The Morgan fingerprint density at radius 3 is 2.38 bits per heavy atom. The smallest absolute Gasteiger partial charge is 0.338 e. The van der Waals surface area contributed by atoms with E-state index in [1.165, 1.54) is 0 Å². The highest BCUT2D eigenvalue weighted by molar-refractivity contribution is 5.91. The average molecular weight is 326 g/mol. The van der Waals surface area contributed by atoms with Crippen molar-refractivity contribution < 1.29 is 14.3 Å². The first-order valence-corrected chi connectivity index (χ1v) is 7.97. The van der Waals surface area contributed by atoms with Gasteiger partial charge in [0.1, 0.15) is 0 Å². The lowest BCUT2D eigenvalue weighted by Crippen LogP contribution is -2.32. The molecule has 0 fully saturated rings. The van der Waals surface area contributed by atoms with E-state index in [2.05, 4.69) is 12.2 Å². The SMILES string of the molecule is CCC[C@H](NC(=O)COC(=O)c1ccc(N)cc1)c1ccccc1. The molecule has 2 rings (SSSR count). The first-order valence-electron chi connectivity index (χ1n) is 7.97. The van der Waals surface area contributed by atoms with Crippen molar-refractivity contribution in [2.45, 2.75) is 25.8 Å². The molecule has 0 spiro atoms. The molecule has 3 N–H and O–H groups in total. The molecule has 0 saturated heterocycles. The lowest BCUT2D eigenvalue weighted by molar-refractivity contribution is -0.125. The maximum absolute atomic E-state index is 12.1. The molecule has 0 aliphatic heterocycles. The van der Waals surface area contributed by atoms with Gasteiger partial charge in [0, 0.05) is 5.69 Å². The molecule has 0 radical (unpaired) electrons. The summed E-state index contributed by atoms with van der Waals surface area (Å²) in [7, 11) is 0. The summed E-state index contributed by atoms with van der Waals surface area (Å²) in [5.74, 6) is -0.863. The van der Waals surface area contributed by atoms with Gasteiger partial charge in [-0.3, -0.25) is 4.79 Å². The van der Waals surface area contributed by atoms with Crippen molar-refractivity contribution in [2.24, 2.45) is 0 Å². The zero-order chi connectivity index (χ0) is 17.4. The molecule has 0 saturated carbocycles. The lowest BCUT2D eigenvalue weighted by Gasteiger charge is -2.18. The van der Waals surface area contributed by atoms with E-state index in [1.54, 1.807) is 24.3 Å². The van der Waals surface area contributed by atoms with Gasteiger partial charge in [-0.25, -0.2) is 4.79 Å². The van der Waals surface area contributed by atoms with E-state index >= 15 is 0 Å². The van der Waals surface area contributed by atoms with E-state index in [4.69, 9.17) is 10.5 Å². The fourth-order valence-electron chi connectivity index (χ4n) is 2.37. The van der Waals surface area contributed by atoms with Crippen molar-refractivity contribution in [3.05, 3.63) is 65.7 Å². The Kier molecular flexibility index (Phi) is 6.37. The molecule has 1 amide bonds. The Morgan fingerprint density at radius 2 is 1.75 bits per heavy atom. The number of hydrogen-bond acceptors (Lipinski definition) is 4. The van der Waals surface area contributed by atoms with E-state index in [1.807, 2.05) is 30.3 Å². The standard InChI is InChI=1S/C19H22N2O3/c1-2-6-17(14-7-4-3-5-8-14)21-18(22)13-24-19(23)15-9-11-16(20)12-10-15/h3-5,7-12,17H,2,6,13,20H2,1H3,(H,21,22)/t17-/m0/s1. The molecule has 0 aromatic heterocycles. The third-order valence-corrected chi connectivity index (χ3v) is 3.60. The number of nitrogens with two attached hydrogens (primary N) is 1. The number of ether oxygens (including phenoxy) is 1. The van der Waals surface area contributed by atoms with Crippen molar-refractivity contribution in [1.29, 1.82) is 0 Å². The monoisotopic (exact) mass is 326 g/mol. The van der Waals surface area contributed by atoms with Gasteiger partial charge in [-0.1, -0.05) is 43.7 Å². The molecule has 0 heterocycles. The molecule has 0 bridgehead atoms. The van der Waals surface area contributed by atoms with Crippen LogP contribution in [0, 0.1) is 0 Å². The van der Waals surface area contributed by atoms with Crippen molar-refractivity contribution in [2.75, 3.05) is 12.3 Å². The van der Waals surface area contributed by atoms with Gasteiger partial charge in [0.2, 0.25) is 0 Å². The maximum Gasteiger partial charge on any atom is 0.338 e. The fourth-order valence-corrected chi connectivity index (χ4v) is 2.37. The number of benzene rings is 2. The molecular weight excluding hydrogens is 304 g/mol. The summed E-state index contributed by atoms with van der Waals surface area (Å²) in [4.78, 5) is 24.0. The molecular formula is C19H22N2O3. The zero-order valence-corrected chi connectivity index (χ0v) is 13.7. The van der Waals surface area contributed by atoms with E-state index in [-0.39, 0.29) is 18.6 Å². The molecule has 0 aliphatic carbocycles. The Morgan fingerprint density at radius 1 is 1.08 bits per heavy atom. The minimum Gasteiger partial charge on any atom is -0.452 e. The zero-order valence-electron chi connectivity index (χ0n) is 13.7. The Balaban J connectivity index is 1.89. The van der Waals surface area contributed by atoms with Crippen LogP contribution >= 0.6 is 0 Å². The summed E-state index contributed by atoms with van der Waals surface area (Å²) in [6.45, 7) is 1.75. The van der Waals surface area contributed by atoms with Crippen LogP contribution < -0.4 is 11.1 Å². The van der Waals surface area contributed by atoms with Gasteiger partial charge in [0.05, 0.1) is 11.6 Å². The van der Waals surface area contributed by atoms with Gasteiger partial charge in [-0.2, -0.15) is 0 Å². The fraction of sp³-hybridized carbons (Fsp3) is 0.263. The second-order valence-corrected chi connectivity index (χ2v) is 5.52. The van der Waals surface area contributed by atoms with Gasteiger partial charge in [0.15, 0.2) is 6.61 Å². The van der Waals surface area contributed by atoms with Crippen LogP contribution in [0.15, 0.2) is 54.6 Å². The van der Waals surface area contributed by atoms with Crippen LogP contribution in [-0.2, 0) is 9.53 Å². The Hall–Kier alpha value is -2.82. The number of hydrogen-bond donors (Lipinski definition) is 2. The van der Waals surface area contributed by atoms with Gasteiger partial charge in [-0.15, -0.1) is 0 Å². The molecule has 0 unspecified atom stereocenters. The summed E-state index contributed by atoms with van der Waals surface area (Å²) in [6, 6.07) is 16.0. The van der Waals surface area contributed by atoms with E-state index < -0.39 is 5.97 Å². The third kappa shape index (κ3) is 5.12. The van der Waals surface area contributed by atoms with Crippen LogP contribution in [0.1, 0.15) is 41.7 Å². The van der Waals surface area contributed by atoms with Crippen molar-refractivity contribution in [1.82, 2.24) is 5.32 Å². The first kappa shape index (κ1) is 17.5. The second kappa shape index (κ2) is 8.72. The van der Waals surface area contributed by atoms with Gasteiger partial charge in [-0.05, 0) is 36.2 Å². The molecule has 1 atom stereocenters. The highest BCUT2D eigenvalue weighted by atomic mass is 16.5. The van der Waals surface area contributed by atoms with Crippen LogP contribution in [0.25, 0.3) is 0 Å². The molecule has 5 nitrogen and oxygen atoms in total. The molecule has 126 valence electrons. The summed E-state index contributed by atoms with van der Waals surface area (Å²) < 4.78 is 5.05. The van der Waals surface area contributed by atoms with E-state index in [0.717, 1.165) is 18.4 Å². The number of carbonyl (C=O) groups excluding carboxylic acids is 2. The molecule has 2 aromatic rings. The number of nitrogen functional groups attached to an aromatic ring is 1. The van der Waals surface area contributed by atoms with Gasteiger partial charge >= 0.3 is 5.97 Å². The van der Waals surface area contributed by atoms with Crippen molar-refractivity contribution in [3.63, 3.8) is 0 Å². The minimum atomic E-state index is -0.545. The molecule has 2 aromatic carbocycles. The summed E-state index contributed by atoms with van der Waals surface area (Å²) in [6.07, 6.45) is 1.76. The van der Waals surface area contributed by atoms with Crippen LogP contribution in [0.5, 0.6) is 0 Å². The van der Waals surface area contributed by atoms with Gasteiger partial charge < -0.3 is 15.8 Å². The summed E-state index contributed by atoms with van der Waals surface area (Å²) >= 11 is 0. The highest BCUT2D eigenvalue weighted by Crippen LogP contribution is 2.18. The minimum absolute atomic E-state index is 0.0843. The number of rotatable bonds is 7. The molecule has 0 aliphatic rings.